The molecule has 0 amide bonds. The van der Waals surface area contributed by atoms with E-state index >= 15 is 0 Å². The van der Waals surface area contributed by atoms with E-state index in [0.29, 0.717) is 5.56 Å². The van der Waals surface area contributed by atoms with Gasteiger partial charge in [-0.15, -0.1) is 0 Å². The molecule has 62 valence electrons. The van der Waals surface area contributed by atoms with Crippen molar-refractivity contribution in [2.75, 3.05) is 6.61 Å². The Morgan fingerprint density at radius 3 is 3.08 bits per heavy atom. The Bertz CT molecular complexity index is 305. The molecule has 0 spiro atoms. The fraction of sp³-hybridized carbons (Fsp3) is 0.250. The molecule has 4 heteroatoms. The predicted molar refractivity (Wildman–Crippen MR) is 43.0 cm³/mol. The maximum Gasteiger partial charge on any atom is 0.145 e. The lowest BCUT2D eigenvalue weighted by Gasteiger charge is -2.08. The highest BCUT2D eigenvalue weighted by Gasteiger charge is 2.09. The van der Waals surface area contributed by atoms with Gasteiger partial charge in [-0.25, -0.2) is 4.98 Å². The number of nitrogens with two attached hydrogens (primary N) is 1. The van der Waals surface area contributed by atoms with Gasteiger partial charge in [-0.2, -0.15) is 5.26 Å². The van der Waals surface area contributed by atoms with E-state index in [2.05, 4.69) is 4.98 Å². The highest BCUT2D eigenvalue weighted by molar-refractivity contribution is 5.32. The molecule has 0 aliphatic carbocycles. The van der Waals surface area contributed by atoms with Crippen molar-refractivity contribution < 1.29 is 5.11 Å². The van der Waals surface area contributed by atoms with Crippen LogP contribution in [0.4, 0.5) is 0 Å². The van der Waals surface area contributed by atoms with Crippen molar-refractivity contribution in [2.45, 2.75) is 6.04 Å². The zero-order valence-electron chi connectivity index (χ0n) is 6.44. The van der Waals surface area contributed by atoms with Gasteiger partial charge in [0.05, 0.1) is 12.6 Å². The molecular formula is C8H9N3O. The van der Waals surface area contributed by atoms with Crippen LogP contribution < -0.4 is 5.73 Å². The summed E-state index contributed by atoms with van der Waals surface area (Å²) in [6, 6.07) is 4.76. The zero-order valence-corrected chi connectivity index (χ0v) is 6.44. The maximum atomic E-state index is 8.75. The molecule has 0 radical (unpaired) electrons. The molecule has 0 saturated carbocycles. The first-order chi connectivity index (χ1) is 5.79. The third-order valence-corrected chi connectivity index (χ3v) is 1.54. The zero-order chi connectivity index (χ0) is 8.97. The fourth-order valence-electron chi connectivity index (χ4n) is 0.909. The first-order valence-corrected chi connectivity index (χ1v) is 3.51. The SMILES string of the molecule is N#Cc1ncccc1C(N)CO. The number of aliphatic hydroxyl groups excluding tert-OH is 1. The summed E-state index contributed by atoms with van der Waals surface area (Å²) in [6.45, 7) is -0.180. The van der Waals surface area contributed by atoms with Crippen LogP contribution in [0.2, 0.25) is 0 Å². The van der Waals surface area contributed by atoms with E-state index in [1.165, 1.54) is 6.20 Å². The smallest absolute Gasteiger partial charge is 0.145 e. The number of nitrogens with zero attached hydrogens (tertiary/aromatic N) is 2. The molecule has 0 aliphatic heterocycles. The predicted octanol–water partition coefficient (Wildman–Crippen LogP) is -0.0546. The fourth-order valence-corrected chi connectivity index (χ4v) is 0.909. The summed E-state index contributed by atoms with van der Waals surface area (Å²) >= 11 is 0. The van der Waals surface area contributed by atoms with Gasteiger partial charge in [0.2, 0.25) is 0 Å². The highest BCUT2D eigenvalue weighted by atomic mass is 16.3. The summed E-state index contributed by atoms with van der Waals surface area (Å²) in [4.78, 5) is 3.81. The molecule has 1 aromatic rings. The summed E-state index contributed by atoms with van der Waals surface area (Å²) in [5, 5.41) is 17.4. The first kappa shape index (κ1) is 8.65. The molecule has 1 rings (SSSR count). The number of hydrogen-bond acceptors (Lipinski definition) is 4. The third-order valence-electron chi connectivity index (χ3n) is 1.54. The standard InChI is InChI=1S/C8H9N3O/c9-4-8-6(7(10)5-12)2-1-3-11-8/h1-3,7,12H,5,10H2. The van der Waals surface area contributed by atoms with Crippen molar-refractivity contribution in [3.8, 4) is 6.07 Å². The van der Waals surface area contributed by atoms with Gasteiger partial charge in [0.25, 0.3) is 0 Å². The third kappa shape index (κ3) is 1.59. The minimum Gasteiger partial charge on any atom is -0.394 e. The van der Waals surface area contributed by atoms with E-state index in [4.69, 9.17) is 16.1 Å². The molecule has 0 saturated heterocycles. The van der Waals surface area contributed by atoms with Gasteiger partial charge in [0.15, 0.2) is 0 Å². The topological polar surface area (TPSA) is 82.9 Å². The van der Waals surface area contributed by atoms with Gasteiger partial charge in [-0.3, -0.25) is 0 Å². The second kappa shape index (κ2) is 3.81. The Labute approximate surface area is 70.3 Å². The van der Waals surface area contributed by atoms with Crippen LogP contribution >= 0.6 is 0 Å². The quantitative estimate of drug-likeness (QED) is 0.640. The van der Waals surface area contributed by atoms with Crippen LogP contribution in [0, 0.1) is 11.3 Å². The van der Waals surface area contributed by atoms with Crippen LogP contribution in [0.3, 0.4) is 0 Å². The number of hydrogen-bond donors (Lipinski definition) is 2. The van der Waals surface area contributed by atoms with Crippen molar-refractivity contribution in [2.24, 2.45) is 5.73 Å². The van der Waals surface area contributed by atoms with Crippen LogP contribution in [-0.2, 0) is 0 Å². The highest BCUT2D eigenvalue weighted by Crippen LogP contribution is 2.11. The van der Waals surface area contributed by atoms with Gasteiger partial charge in [0, 0.05) is 11.8 Å². The van der Waals surface area contributed by atoms with Crippen LogP contribution in [-0.4, -0.2) is 16.7 Å². The van der Waals surface area contributed by atoms with E-state index in [-0.39, 0.29) is 12.3 Å². The van der Waals surface area contributed by atoms with Gasteiger partial charge >= 0.3 is 0 Å². The minimum absolute atomic E-state index is 0.180. The number of rotatable bonds is 2. The molecule has 1 aromatic heterocycles. The molecule has 1 unspecified atom stereocenters. The Hall–Kier alpha value is -1.44. The summed E-state index contributed by atoms with van der Waals surface area (Å²) in [7, 11) is 0. The van der Waals surface area contributed by atoms with E-state index in [1.54, 1.807) is 12.1 Å². The average Bonchev–Trinajstić information content (AvgIpc) is 2.16. The monoisotopic (exact) mass is 163 g/mol. The molecule has 0 fully saturated rings. The lowest BCUT2D eigenvalue weighted by molar-refractivity contribution is 0.267. The van der Waals surface area contributed by atoms with Crippen molar-refractivity contribution in [1.82, 2.24) is 4.98 Å². The molecule has 4 nitrogen and oxygen atoms in total. The van der Waals surface area contributed by atoms with E-state index in [1.807, 2.05) is 6.07 Å². The Morgan fingerprint density at radius 1 is 1.75 bits per heavy atom. The minimum atomic E-state index is -0.520. The summed E-state index contributed by atoms with van der Waals surface area (Å²) in [6.07, 6.45) is 1.52. The molecule has 3 N–H and O–H groups in total. The summed E-state index contributed by atoms with van der Waals surface area (Å²) < 4.78 is 0. The maximum absolute atomic E-state index is 8.75. The molecule has 1 atom stereocenters. The average molecular weight is 163 g/mol. The van der Waals surface area contributed by atoms with Gasteiger partial charge < -0.3 is 10.8 Å². The Morgan fingerprint density at radius 2 is 2.50 bits per heavy atom. The van der Waals surface area contributed by atoms with E-state index in [0.717, 1.165) is 0 Å². The molecule has 0 aromatic carbocycles. The van der Waals surface area contributed by atoms with Gasteiger partial charge in [-0.05, 0) is 6.07 Å². The van der Waals surface area contributed by atoms with Crippen molar-refractivity contribution in [3.63, 3.8) is 0 Å². The Balaban J connectivity index is 3.07. The van der Waals surface area contributed by atoms with Crippen LogP contribution in [0.1, 0.15) is 17.3 Å². The molecular weight excluding hydrogens is 154 g/mol. The van der Waals surface area contributed by atoms with Crippen LogP contribution in [0.5, 0.6) is 0 Å². The summed E-state index contributed by atoms with van der Waals surface area (Å²) in [5.74, 6) is 0. The number of nitriles is 1. The van der Waals surface area contributed by atoms with Gasteiger partial charge in [-0.1, -0.05) is 6.07 Å². The van der Waals surface area contributed by atoms with E-state index in [9.17, 15) is 0 Å². The molecule has 12 heavy (non-hydrogen) atoms. The number of pyridine rings is 1. The number of aliphatic hydroxyl groups is 1. The van der Waals surface area contributed by atoms with Crippen molar-refractivity contribution in [1.29, 1.82) is 5.26 Å². The molecule has 0 bridgehead atoms. The first-order valence-electron chi connectivity index (χ1n) is 3.51. The lowest BCUT2D eigenvalue weighted by Crippen LogP contribution is -2.16. The second-order valence-corrected chi connectivity index (χ2v) is 2.34. The number of aromatic nitrogens is 1. The van der Waals surface area contributed by atoms with Crippen LogP contribution in [0.25, 0.3) is 0 Å². The lowest BCUT2D eigenvalue weighted by atomic mass is 10.1. The van der Waals surface area contributed by atoms with Crippen LogP contribution in [0.15, 0.2) is 18.3 Å². The molecule has 0 aliphatic rings. The van der Waals surface area contributed by atoms with Crippen molar-refractivity contribution in [3.05, 3.63) is 29.6 Å². The van der Waals surface area contributed by atoms with E-state index < -0.39 is 6.04 Å². The molecule has 1 heterocycles. The summed E-state index contributed by atoms with van der Waals surface area (Å²) in [5.41, 5.74) is 6.39. The Kier molecular flexibility index (Phi) is 2.75. The second-order valence-electron chi connectivity index (χ2n) is 2.34. The normalized spacial score (nSPS) is 12.1. The van der Waals surface area contributed by atoms with Crippen molar-refractivity contribution >= 4 is 0 Å². The largest absolute Gasteiger partial charge is 0.394 e. The van der Waals surface area contributed by atoms with Gasteiger partial charge in [0.1, 0.15) is 11.8 Å².